The van der Waals surface area contributed by atoms with E-state index in [0.717, 1.165) is 27.5 Å². The molecular weight excluding hydrogens is 594 g/mol. The van der Waals surface area contributed by atoms with Gasteiger partial charge in [0.2, 0.25) is 0 Å². The van der Waals surface area contributed by atoms with Crippen LogP contribution in [0.2, 0.25) is 0 Å². The van der Waals surface area contributed by atoms with E-state index in [1.165, 1.54) is 12.2 Å². The monoisotopic (exact) mass is 610 g/mol. The summed E-state index contributed by atoms with van der Waals surface area (Å²) in [5, 5.41) is 22.4. The second kappa shape index (κ2) is 9.37. The Bertz CT molecular complexity index is 2360. The number of rotatable bonds is 0. The Labute approximate surface area is 255 Å². The van der Waals surface area contributed by atoms with Crippen LogP contribution in [0.15, 0.2) is 96.5 Å². The summed E-state index contributed by atoms with van der Waals surface area (Å²) >= 11 is 0. The Balaban J connectivity index is 0.00000278. The number of aromatic nitrogens is 8. The number of hydrogen-bond acceptors (Lipinski definition) is 8. The van der Waals surface area contributed by atoms with Gasteiger partial charge in [-0.25, -0.2) is 9.97 Å². The molecular formula is C32H18N8O2Zn. The van der Waals surface area contributed by atoms with Crippen LogP contribution in [-0.2, 0) is 19.5 Å². The summed E-state index contributed by atoms with van der Waals surface area (Å²) in [5.41, 5.74) is 4.96. The molecule has 43 heavy (non-hydrogen) atoms. The van der Waals surface area contributed by atoms with Gasteiger partial charge in [-0.1, -0.05) is 72.8 Å². The summed E-state index contributed by atoms with van der Waals surface area (Å²) in [7, 11) is 0. The Morgan fingerprint density at radius 1 is 0.651 bits per heavy atom. The molecule has 200 valence electrons. The quantitative estimate of drug-likeness (QED) is 0.250. The van der Waals surface area contributed by atoms with Crippen LogP contribution in [-0.4, -0.2) is 40.1 Å². The first kappa shape index (κ1) is 25.4. The fourth-order valence-electron chi connectivity index (χ4n) is 5.84. The van der Waals surface area contributed by atoms with Crippen molar-refractivity contribution in [1.82, 2.24) is 39.9 Å². The van der Waals surface area contributed by atoms with Crippen LogP contribution in [0.4, 0.5) is 0 Å². The maximum atomic E-state index is 10.4. The van der Waals surface area contributed by atoms with Crippen LogP contribution < -0.4 is 20.9 Å². The van der Waals surface area contributed by atoms with Gasteiger partial charge in [0.15, 0.2) is 11.5 Å². The molecule has 11 heteroatoms. The Kier molecular flexibility index (Phi) is 5.54. The smallest absolute Gasteiger partial charge is 0.504 e. The second-order valence-corrected chi connectivity index (χ2v) is 10.3. The van der Waals surface area contributed by atoms with Gasteiger partial charge in [-0.2, -0.15) is 0 Å². The van der Waals surface area contributed by atoms with Crippen LogP contribution in [0, 0.1) is 0 Å². The van der Waals surface area contributed by atoms with E-state index < -0.39 is 5.92 Å². The largest absolute Gasteiger partial charge is 2.00 e. The van der Waals surface area contributed by atoms with E-state index in [1.54, 1.807) is 0 Å². The predicted octanol–water partition coefficient (Wildman–Crippen LogP) is 3.25. The molecule has 2 aliphatic carbocycles. The number of allylic oxidation sites excluding steroid dienone is 6. The standard InChI is InChI=1S/C32H18N8O2.Zn/c41-23-13-21-22(14-24(23)42)32-39-30-20-12-6-4-10-18(20)28(37-30)35-26-16-8-2-1-7-15(16)25(33-26)34-27-17-9-3-5-11-19(17)29(36-27)38-31(21)40-32;/h1-14,19,21H,(H2-2,33,34,35,36,37,38,39,40,41,42);/q-2;+2. The summed E-state index contributed by atoms with van der Waals surface area (Å²) in [4.78, 5) is 38.9. The molecule has 0 radical (unpaired) electrons. The number of fused-ring (bicyclic) bond motifs is 18. The van der Waals surface area contributed by atoms with Gasteiger partial charge in [0, 0.05) is 39.6 Å². The number of hydrogen-bond donors (Lipinski definition) is 2. The summed E-state index contributed by atoms with van der Waals surface area (Å²) in [5.74, 6) is 0.662. The van der Waals surface area contributed by atoms with Crippen molar-refractivity contribution >= 4 is 33.2 Å². The van der Waals surface area contributed by atoms with Crippen LogP contribution in [0.25, 0.3) is 56.0 Å². The molecule has 5 aliphatic rings. The first-order valence-electron chi connectivity index (χ1n) is 13.4. The predicted molar refractivity (Wildman–Crippen MR) is 155 cm³/mol. The maximum Gasteiger partial charge on any atom is 2.00 e. The number of aliphatic hydroxyl groups excluding tert-OH is 2. The molecule has 2 aromatic carbocycles. The molecule has 2 atom stereocenters. The van der Waals surface area contributed by atoms with Gasteiger partial charge >= 0.3 is 19.5 Å². The average Bonchev–Trinajstić information content (AvgIpc) is 3.73. The molecule has 2 aromatic heterocycles. The third-order valence-electron chi connectivity index (χ3n) is 7.86. The first-order chi connectivity index (χ1) is 20.6. The third-order valence-corrected chi connectivity index (χ3v) is 7.86. The van der Waals surface area contributed by atoms with Crippen molar-refractivity contribution in [3.05, 3.63) is 119 Å². The van der Waals surface area contributed by atoms with Crippen LogP contribution in [0.1, 0.15) is 23.5 Å². The minimum Gasteiger partial charge on any atom is -0.504 e. The van der Waals surface area contributed by atoms with Crippen LogP contribution >= 0.6 is 0 Å². The zero-order valence-corrected chi connectivity index (χ0v) is 25.4. The van der Waals surface area contributed by atoms with Crippen molar-refractivity contribution in [3.63, 3.8) is 0 Å². The van der Waals surface area contributed by atoms with Gasteiger partial charge in [-0.15, -0.1) is 0 Å². The van der Waals surface area contributed by atoms with E-state index in [2.05, 4.69) is 0 Å². The molecule has 4 aromatic rings. The molecule has 0 saturated heterocycles. The second-order valence-electron chi connectivity index (χ2n) is 10.3. The van der Waals surface area contributed by atoms with E-state index >= 15 is 0 Å². The molecule has 0 fully saturated rings. The minimum absolute atomic E-state index is 0. The first-order valence-corrected chi connectivity index (χ1v) is 13.4. The third kappa shape index (κ3) is 3.82. The van der Waals surface area contributed by atoms with Crippen LogP contribution in [0.5, 0.6) is 0 Å². The van der Waals surface area contributed by atoms with E-state index in [-0.39, 0.29) is 36.9 Å². The van der Waals surface area contributed by atoms with Crippen molar-refractivity contribution in [3.8, 4) is 22.8 Å². The molecule has 2 unspecified atom stereocenters. The number of aliphatic hydroxyl groups is 2. The van der Waals surface area contributed by atoms with Crippen LogP contribution in [0.3, 0.4) is 0 Å². The van der Waals surface area contributed by atoms with Gasteiger partial charge in [0.25, 0.3) is 0 Å². The fraction of sp³-hybridized carbons (Fsp3) is 0.0625. The molecule has 2 N–H and O–H groups in total. The van der Waals surface area contributed by atoms with E-state index in [4.69, 9.17) is 39.9 Å². The van der Waals surface area contributed by atoms with Gasteiger partial charge < -0.3 is 40.1 Å². The van der Waals surface area contributed by atoms with Gasteiger partial charge in [-0.3, -0.25) is 0 Å². The zero-order chi connectivity index (χ0) is 27.9. The van der Waals surface area contributed by atoms with Crippen molar-refractivity contribution in [2.45, 2.75) is 11.8 Å². The zero-order valence-electron chi connectivity index (χ0n) is 22.4. The molecule has 8 bridgehead atoms. The number of nitrogens with zero attached hydrogens (tertiary/aromatic N) is 8. The van der Waals surface area contributed by atoms with E-state index in [9.17, 15) is 10.2 Å². The van der Waals surface area contributed by atoms with E-state index in [0.29, 0.717) is 51.1 Å². The number of benzene rings is 2. The molecule has 0 amide bonds. The fourth-order valence-corrected chi connectivity index (χ4v) is 5.84. The van der Waals surface area contributed by atoms with Crippen molar-refractivity contribution in [2.24, 2.45) is 0 Å². The molecule has 0 saturated carbocycles. The summed E-state index contributed by atoms with van der Waals surface area (Å²) in [6, 6.07) is 15.6. The molecule has 3 aliphatic heterocycles. The molecule has 0 spiro atoms. The molecule has 9 rings (SSSR count). The van der Waals surface area contributed by atoms with E-state index in [1.807, 2.05) is 72.8 Å². The minimum atomic E-state index is -0.529. The summed E-state index contributed by atoms with van der Waals surface area (Å²) in [6.45, 7) is 0. The summed E-state index contributed by atoms with van der Waals surface area (Å²) in [6.07, 6.45) is 10.9. The average molecular weight is 612 g/mol. The SMILES string of the molecule is OC1=CC2=c3nc(nc4[n-]c(nc5nc(nc6[n-]c(n3)c3ccccc63)-c3ccccc3-5)=C3C=CC=CC34)C2C=C1O.[Zn+2]. The van der Waals surface area contributed by atoms with Crippen molar-refractivity contribution in [1.29, 1.82) is 0 Å². The summed E-state index contributed by atoms with van der Waals surface area (Å²) < 4.78 is 0. The topological polar surface area (TPSA) is 146 Å². The Morgan fingerprint density at radius 2 is 1.37 bits per heavy atom. The normalized spacial score (nSPS) is 18.7. The van der Waals surface area contributed by atoms with Crippen molar-refractivity contribution < 1.29 is 29.7 Å². The molecule has 10 nitrogen and oxygen atoms in total. The van der Waals surface area contributed by atoms with Gasteiger partial charge in [0.1, 0.15) is 0 Å². The van der Waals surface area contributed by atoms with Gasteiger partial charge in [0.05, 0.1) is 28.9 Å². The van der Waals surface area contributed by atoms with Crippen molar-refractivity contribution in [2.75, 3.05) is 0 Å². The Hall–Kier alpha value is -5.28. The van der Waals surface area contributed by atoms with Gasteiger partial charge in [-0.05, 0) is 34.1 Å². The molecule has 5 heterocycles. The maximum absolute atomic E-state index is 10.4. The Morgan fingerprint density at radius 3 is 2.16 bits per heavy atom.